The first kappa shape index (κ1) is 17.3. The van der Waals surface area contributed by atoms with Crippen LogP contribution >= 0.6 is 24.0 Å². The van der Waals surface area contributed by atoms with E-state index < -0.39 is 0 Å². The van der Waals surface area contributed by atoms with Gasteiger partial charge in [-0.1, -0.05) is 13.3 Å². The van der Waals surface area contributed by atoms with Crippen LogP contribution in [0.3, 0.4) is 0 Å². The quantitative estimate of drug-likeness (QED) is 0.445. The smallest absolute Gasteiger partial charge is 0.191 e. The molecule has 2 rings (SSSR count). The van der Waals surface area contributed by atoms with E-state index in [1.165, 1.54) is 25.7 Å². The first-order valence-corrected chi connectivity index (χ1v) is 7.25. The second kappa shape index (κ2) is 8.54. The summed E-state index contributed by atoms with van der Waals surface area (Å²) in [5, 5.41) is 6.78. The fraction of sp³-hybridized carbons (Fsp3) is 0.667. The van der Waals surface area contributed by atoms with Crippen LogP contribution in [0.15, 0.2) is 27.8 Å². The number of hydrogen-bond donors (Lipinski definition) is 2. The predicted molar refractivity (Wildman–Crippen MR) is 93.8 cm³/mol. The van der Waals surface area contributed by atoms with Crippen molar-refractivity contribution in [1.82, 2.24) is 10.6 Å². The van der Waals surface area contributed by atoms with Crippen LogP contribution in [0.1, 0.15) is 38.4 Å². The second-order valence-corrected chi connectivity index (χ2v) is 5.39. The summed E-state index contributed by atoms with van der Waals surface area (Å²) in [5.41, 5.74) is 0.513. The third-order valence-electron chi connectivity index (χ3n) is 4.26. The summed E-state index contributed by atoms with van der Waals surface area (Å²) < 4.78 is 5.31. The SMILES string of the molecule is CCC1(CNC(=NC)NCCc2ccco2)CCC1.I. The van der Waals surface area contributed by atoms with E-state index in [1.807, 2.05) is 19.2 Å². The molecule has 1 heterocycles. The number of hydrogen-bond acceptors (Lipinski definition) is 2. The Morgan fingerprint density at radius 1 is 1.40 bits per heavy atom. The summed E-state index contributed by atoms with van der Waals surface area (Å²) >= 11 is 0. The first-order valence-electron chi connectivity index (χ1n) is 7.25. The topological polar surface area (TPSA) is 49.6 Å². The van der Waals surface area contributed by atoms with Crippen molar-refractivity contribution in [3.8, 4) is 0 Å². The van der Waals surface area contributed by atoms with Gasteiger partial charge in [0, 0.05) is 26.6 Å². The summed E-state index contributed by atoms with van der Waals surface area (Å²) in [4.78, 5) is 4.27. The Labute approximate surface area is 138 Å². The van der Waals surface area contributed by atoms with Crippen LogP contribution in [-0.4, -0.2) is 26.1 Å². The molecule has 0 atom stereocenters. The van der Waals surface area contributed by atoms with Gasteiger partial charge in [-0.05, 0) is 36.8 Å². The zero-order chi connectivity index (χ0) is 13.6. The van der Waals surface area contributed by atoms with Crippen LogP contribution in [0.2, 0.25) is 0 Å². The molecule has 0 bridgehead atoms. The molecular formula is C15H26IN3O. The first-order chi connectivity index (χ1) is 9.28. The summed E-state index contributed by atoms with van der Waals surface area (Å²) in [5.74, 6) is 1.90. The van der Waals surface area contributed by atoms with Crippen molar-refractivity contribution in [1.29, 1.82) is 0 Å². The molecule has 0 amide bonds. The van der Waals surface area contributed by atoms with Gasteiger partial charge < -0.3 is 15.1 Å². The molecule has 0 unspecified atom stereocenters. The van der Waals surface area contributed by atoms with Crippen LogP contribution in [0.4, 0.5) is 0 Å². The van der Waals surface area contributed by atoms with Gasteiger partial charge in [-0.2, -0.15) is 0 Å². The van der Waals surface area contributed by atoms with Gasteiger partial charge in [-0.25, -0.2) is 0 Å². The fourth-order valence-electron chi connectivity index (χ4n) is 2.58. The standard InChI is InChI=1S/C15H25N3O.HI/c1-3-15(8-5-9-15)12-18-14(16-2)17-10-7-13-6-4-11-19-13;/h4,6,11H,3,5,7-10,12H2,1-2H3,(H2,16,17,18);1H. The van der Waals surface area contributed by atoms with Crippen molar-refractivity contribution >= 4 is 29.9 Å². The Bertz CT molecular complexity index is 394. The lowest BCUT2D eigenvalue weighted by molar-refractivity contribution is 0.131. The summed E-state index contributed by atoms with van der Waals surface area (Å²) in [7, 11) is 1.82. The van der Waals surface area contributed by atoms with Gasteiger partial charge in [0.15, 0.2) is 5.96 Å². The average Bonchev–Trinajstić information content (AvgIpc) is 2.89. The molecule has 1 fully saturated rings. The number of rotatable bonds is 6. The lowest BCUT2D eigenvalue weighted by atomic mass is 9.67. The highest BCUT2D eigenvalue weighted by Crippen LogP contribution is 2.42. The van der Waals surface area contributed by atoms with Crippen molar-refractivity contribution in [2.45, 2.75) is 39.0 Å². The van der Waals surface area contributed by atoms with Gasteiger partial charge in [-0.15, -0.1) is 24.0 Å². The maximum atomic E-state index is 5.31. The Kier molecular flexibility index (Phi) is 7.40. The molecule has 1 aliphatic rings. The number of halogens is 1. The van der Waals surface area contributed by atoms with E-state index in [0.717, 1.165) is 31.2 Å². The van der Waals surface area contributed by atoms with Crippen LogP contribution in [0.5, 0.6) is 0 Å². The third kappa shape index (κ3) is 4.68. The van der Waals surface area contributed by atoms with Gasteiger partial charge in [0.2, 0.25) is 0 Å². The van der Waals surface area contributed by atoms with E-state index in [2.05, 4.69) is 22.5 Å². The maximum absolute atomic E-state index is 5.31. The lowest BCUT2D eigenvalue weighted by Crippen LogP contribution is -2.46. The molecule has 1 saturated carbocycles. The highest BCUT2D eigenvalue weighted by atomic mass is 127. The molecule has 0 aliphatic heterocycles. The number of aliphatic imine (C=N–C) groups is 1. The zero-order valence-electron chi connectivity index (χ0n) is 12.4. The van der Waals surface area contributed by atoms with Crippen molar-refractivity contribution in [2.75, 3.05) is 20.1 Å². The average molecular weight is 391 g/mol. The van der Waals surface area contributed by atoms with E-state index in [0.29, 0.717) is 5.41 Å². The predicted octanol–water partition coefficient (Wildman–Crippen LogP) is 3.19. The van der Waals surface area contributed by atoms with Gasteiger partial charge in [0.05, 0.1) is 6.26 Å². The van der Waals surface area contributed by atoms with Crippen molar-refractivity contribution in [2.24, 2.45) is 10.4 Å². The molecule has 0 spiro atoms. The zero-order valence-corrected chi connectivity index (χ0v) is 14.8. The van der Waals surface area contributed by atoms with Crippen LogP contribution in [0, 0.1) is 5.41 Å². The summed E-state index contributed by atoms with van der Waals surface area (Å²) in [6.07, 6.45) is 7.92. The number of furan rings is 1. The Hall–Kier alpha value is -0.720. The summed E-state index contributed by atoms with van der Waals surface area (Å²) in [6, 6.07) is 3.92. The van der Waals surface area contributed by atoms with E-state index in [4.69, 9.17) is 4.42 Å². The number of nitrogens with one attached hydrogen (secondary N) is 2. The summed E-state index contributed by atoms with van der Waals surface area (Å²) in [6.45, 7) is 4.16. The molecule has 0 aromatic carbocycles. The van der Waals surface area contributed by atoms with Gasteiger partial charge in [0.1, 0.15) is 5.76 Å². The minimum Gasteiger partial charge on any atom is -0.469 e. The molecular weight excluding hydrogens is 365 g/mol. The Morgan fingerprint density at radius 2 is 2.20 bits per heavy atom. The molecule has 2 N–H and O–H groups in total. The van der Waals surface area contributed by atoms with Gasteiger partial charge >= 0.3 is 0 Å². The number of nitrogens with zero attached hydrogens (tertiary/aromatic N) is 1. The Balaban J connectivity index is 0.00000200. The van der Waals surface area contributed by atoms with E-state index in [1.54, 1.807) is 6.26 Å². The second-order valence-electron chi connectivity index (χ2n) is 5.39. The number of guanidine groups is 1. The van der Waals surface area contributed by atoms with E-state index in [9.17, 15) is 0 Å². The normalized spacial score (nSPS) is 17.0. The van der Waals surface area contributed by atoms with Crippen LogP contribution in [0.25, 0.3) is 0 Å². The minimum atomic E-state index is 0. The highest BCUT2D eigenvalue weighted by Gasteiger charge is 2.34. The molecule has 5 heteroatoms. The van der Waals surface area contributed by atoms with Crippen molar-refractivity contribution in [3.63, 3.8) is 0 Å². The molecule has 4 nitrogen and oxygen atoms in total. The molecule has 1 aromatic rings. The van der Waals surface area contributed by atoms with Crippen molar-refractivity contribution < 1.29 is 4.42 Å². The lowest BCUT2D eigenvalue weighted by Gasteiger charge is -2.41. The highest BCUT2D eigenvalue weighted by molar-refractivity contribution is 14.0. The van der Waals surface area contributed by atoms with E-state index in [-0.39, 0.29) is 24.0 Å². The van der Waals surface area contributed by atoms with Crippen LogP contribution < -0.4 is 10.6 Å². The van der Waals surface area contributed by atoms with Crippen LogP contribution in [-0.2, 0) is 6.42 Å². The molecule has 1 aromatic heterocycles. The molecule has 0 saturated heterocycles. The fourth-order valence-corrected chi connectivity index (χ4v) is 2.58. The Morgan fingerprint density at radius 3 is 2.70 bits per heavy atom. The monoisotopic (exact) mass is 391 g/mol. The molecule has 0 radical (unpaired) electrons. The van der Waals surface area contributed by atoms with Crippen molar-refractivity contribution in [3.05, 3.63) is 24.2 Å². The van der Waals surface area contributed by atoms with E-state index >= 15 is 0 Å². The molecule has 20 heavy (non-hydrogen) atoms. The van der Waals surface area contributed by atoms with Gasteiger partial charge in [-0.3, -0.25) is 4.99 Å². The molecule has 1 aliphatic carbocycles. The minimum absolute atomic E-state index is 0. The third-order valence-corrected chi connectivity index (χ3v) is 4.26. The molecule has 114 valence electrons. The maximum Gasteiger partial charge on any atom is 0.191 e. The largest absolute Gasteiger partial charge is 0.469 e. The van der Waals surface area contributed by atoms with Gasteiger partial charge in [0.25, 0.3) is 0 Å².